The van der Waals surface area contributed by atoms with Gasteiger partial charge < -0.3 is 10.2 Å². The highest BCUT2D eigenvalue weighted by molar-refractivity contribution is 6.29. The van der Waals surface area contributed by atoms with Crippen LogP contribution in [0.5, 0.6) is 0 Å². The van der Waals surface area contributed by atoms with E-state index in [0.717, 1.165) is 31.3 Å². The molecule has 0 atom stereocenters. The van der Waals surface area contributed by atoms with Crippen molar-refractivity contribution in [2.45, 2.75) is 26.7 Å². The summed E-state index contributed by atoms with van der Waals surface area (Å²) < 4.78 is 0. The maximum absolute atomic E-state index is 5.96. The van der Waals surface area contributed by atoms with E-state index in [9.17, 15) is 0 Å². The van der Waals surface area contributed by atoms with Crippen molar-refractivity contribution in [2.75, 3.05) is 32.0 Å². The van der Waals surface area contributed by atoms with E-state index in [2.05, 4.69) is 48.0 Å². The molecule has 17 heavy (non-hydrogen) atoms. The van der Waals surface area contributed by atoms with E-state index in [-0.39, 0.29) is 5.92 Å². The van der Waals surface area contributed by atoms with Crippen LogP contribution >= 0.6 is 11.6 Å². The maximum atomic E-state index is 5.96. The van der Waals surface area contributed by atoms with Gasteiger partial charge in [-0.2, -0.15) is 0 Å². The number of nitrogens with zero attached hydrogens (tertiary/aromatic N) is 3. The van der Waals surface area contributed by atoms with Gasteiger partial charge in [-0.15, -0.1) is 0 Å². The number of rotatable bonds is 6. The average molecular weight is 257 g/mol. The third kappa shape index (κ3) is 4.88. The van der Waals surface area contributed by atoms with Crippen LogP contribution in [-0.4, -0.2) is 41.5 Å². The van der Waals surface area contributed by atoms with Crippen LogP contribution < -0.4 is 5.32 Å². The van der Waals surface area contributed by atoms with Crippen LogP contribution in [0.15, 0.2) is 6.07 Å². The van der Waals surface area contributed by atoms with Crippen molar-refractivity contribution in [3.8, 4) is 0 Å². The third-order valence-electron chi connectivity index (χ3n) is 2.57. The molecule has 1 aromatic rings. The molecule has 0 aliphatic heterocycles. The number of hydrogen-bond acceptors (Lipinski definition) is 4. The summed E-state index contributed by atoms with van der Waals surface area (Å²) in [6.45, 7) is 9.13. The summed E-state index contributed by atoms with van der Waals surface area (Å²) in [5.74, 6) is 1.87. The minimum absolute atomic E-state index is 0.285. The molecule has 0 aliphatic rings. The van der Waals surface area contributed by atoms with Crippen molar-refractivity contribution in [1.29, 1.82) is 0 Å². The Balaban J connectivity index is 2.59. The Kier molecular flexibility index (Phi) is 5.65. The van der Waals surface area contributed by atoms with Gasteiger partial charge in [0.15, 0.2) is 0 Å². The van der Waals surface area contributed by atoms with Crippen LogP contribution in [0.2, 0.25) is 5.15 Å². The zero-order chi connectivity index (χ0) is 12.8. The Morgan fingerprint density at radius 3 is 2.71 bits per heavy atom. The molecule has 0 bridgehead atoms. The van der Waals surface area contributed by atoms with Gasteiger partial charge in [-0.25, -0.2) is 9.97 Å². The number of halogens is 1. The van der Waals surface area contributed by atoms with Crippen molar-refractivity contribution < 1.29 is 0 Å². The first kappa shape index (κ1) is 14.2. The van der Waals surface area contributed by atoms with Crippen LogP contribution in [-0.2, 0) is 0 Å². The molecule has 1 rings (SSSR count). The lowest BCUT2D eigenvalue weighted by Gasteiger charge is -2.15. The zero-order valence-corrected chi connectivity index (χ0v) is 11.8. The molecule has 0 fully saturated rings. The highest BCUT2D eigenvalue weighted by atomic mass is 35.5. The molecule has 4 nitrogen and oxygen atoms in total. The Labute approximate surface area is 108 Å². The van der Waals surface area contributed by atoms with Gasteiger partial charge in [0.2, 0.25) is 0 Å². The van der Waals surface area contributed by atoms with Gasteiger partial charge >= 0.3 is 0 Å². The number of hydrogen-bond donors (Lipinski definition) is 1. The second kappa shape index (κ2) is 6.77. The SMILES string of the molecule is CCN(C)CCNc1cc(Cl)nc(C(C)C)n1. The Bertz CT molecular complexity index is 354. The summed E-state index contributed by atoms with van der Waals surface area (Å²) in [6.07, 6.45) is 0. The van der Waals surface area contributed by atoms with Gasteiger partial charge in [-0.3, -0.25) is 0 Å². The molecule has 1 heterocycles. The van der Waals surface area contributed by atoms with E-state index >= 15 is 0 Å². The van der Waals surface area contributed by atoms with Crippen molar-refractivity contribution in [3.05, 3.63) is 17.0 Å². The van der Waals surface area contributed by atoms with E-state index in [0.29, 0.717) is 5.15 Å². The topological polar surface area (TPSA) is 41.0 Å². The van der Waals surface area contributed by atoms with Crippen LogP contribution in [0, 0.1) is 0 Å². The number of aromatic nitrogens is 2. The molecular weight excluding hydrogens is 236 g/mol. The highest BCUT2D eigenvalue weighted by Gasteiger charge is 2.06. The van der Waals surface area contributed by atoms with Crippen LogP contribution in [0.1, 0.15) is 32.5 Å². The first-order valence-electron chi connectivity index (χ1n) is 5.99. The highest BCUT2D eigenvalue weighted by Crippen LogP contribution is 2.16. The van der Waals surface area contributed by atoms with Gasteiger partial charge in [0.25, 0.3) is 0 Å². The normalized spacial score (nSPS) is 11.2. The Morgan fingerprint density at radius 1 is 1.41 bits per heavy atom. The fourth-order valence-electron chi connectivity index (χ4n) is 1.32. The van der Waals surface area contributed by atoms with Gasteiger partial charge in [-0.05, 0) is 13.6 Å². The number of likely N-dealkylation sites (N-methyl/N-ethyl adjacent to an activating group) is 1. The molecule has 0 saturated carbocycles. The lowest BCUT2D eigenvalue weighted by atomic mass is 10.2. The molecule has 0 aliphatic carbocycles. The molecule has 0 aromatic carbocycles. The van der Waals surface area contributed by atoms with Crippen molar-refractivity contribution >= 4 is 17.4 Å². The fourth-order valence-corrected chi connectivity index (χ4v) is 1.51. The van der Waals surface area contributed by atoms with E-state index in [1.807, 2.05) is 0 Å². The number of nitrogens with one attached hydrogen (secondary N) is 1. The second-order valence-electron chi connectivity index (χ2n) is 4.41. The van der Waals surface area contributed by atoms with Gasteiger partial charge in [0.1, 0.15) is 16.8 Å². The predicted molar refractivity (Wildman–Crippen MR) is 72.8 cm³/mol. The summed E-state index contributed by atoms with van der Waals surface area (Å²) in [7, 11) is 2.09. The summed E-state index contributed by atoms with van der Waals surface area (Å²) in [5.41, 5.74) is 0. The quantitative estimate of drug-likeness (QED) is 0.795. The number of anilines is 1. The summed E-state index contributed by atoms with van der Waals surface area (Å²) in [5, 5.41) is 3.76. The van der Waals surface area contributed by atoms with Crippen molar-refractivity contribution in [3.63, 3.8) is 0 Å². The van der Waals surface area contributed by atoms with Crippen LogP contribution in [0.25, 0.3) is 0 Å². The minimum atomic E-state index is 0.285. The standard InChI is InChI=1S/C12H21ClN4/c1-5-17(4)7-6-14-11-8-10(13)15-12(16-11)9(2)3/h8-9H,5-7H2,1-4H3,(H,14,15,16). The molecule has 0 saturated heterocycles. The monoisotopic (exact) mass is 256 g/mol. The summed E-state index contributed by atoms with van der Waals surface area (Å²) in [4.78, 5) is 10.9. The maximum Gasteiger partial charge on any atom is 0.135 e. The predicted octanol–water partition coefficient (Wildman–Crippen LogP) is 2.62. The summed E-state index contributed by atoms with van der Waals surface area (Å²) >= 11 is 5.96. The fraction of sp³-hybridized carbons (Fsp3) is 0.667. The lowest BCUT2D eigenvalue weighted by molar-refractivity contribution is 0.367. The van der Waals surface area contributed by atoms with E-state index < -0.39 is 0 Å². The van der Waals surface area contributed by atoms with Crippen LogP contribution in [0.3, 0.4) is 0 Å². The molecule has 5 heteroatoms. The molecule has 0 amide bonds. The molecule has 0 radical (unpaired) electrons. The van der Waals surface area contributed by atoms with Gasteiger partial charge in [0.05, 0.1) is 0 Å². The first-order chi connectivity index (χ1) is 8.02. The van der Waals surface area contributed by atoms with Crippen LogP contribution in [0.4, 0.5) is 5.82 Å². The third-order valence-corrected chi connectivity index (χ3v) is 2.76. The minimum Gasteiger partial charge on any atom is -0.369 e. The van der Waals surface area contributed by atoms with E-state index in [1.165, 1.54) is 0 Å². The largest absolute Gasteiger partial charge is 0.369 e. The molecule has 96 valence electrons. The van der Waals surface area contributed by atoms with Gasteiger partial charge in [-0.1, -0.05) is 32.4 Å². The summed E-state index contributed by atoms with van der Waals surface area (Å²) in [6, 6.07) is 1.76. The lowest BCUT2D eigenvalue weighted by Crippen LogP contribution is -2.25. The van der Waals surface area contributed by atoms with E-state index in [1.54, 1.807) is 6.07 Å². The molecule has 0 unspecified atom stereocenters. The Morgan fingerprint density at radius 2 is 2.12 bits per heavy atom. The molecule has 1 aromatic heterocycles. The first-order valence-corrected chi connectivity index (χ1v) is 6.37. The van der Waals surface area contributed by atoms with Crippen molar-refractivity contribution in [2.24, 2.45) is 0 Å². The Hall–Kier alpha value is -0.870. The average Bonchev–Trinajstić information content (AvgIpc) is 2.28. The smallest absolute Gasteiger partial charge is 0.135 e. The molecular formula is C12H21ClN4. The second-order valence-corrected chi connectivity index (χ2v) is 4.80. The van der Waals surface area contributed by atoms with Gasteiger partial charge in [0, 0.05) is 25.1 Å². The van der Waals surface area contributed by atoms with E-state index in [4.69, 9.17) is 11.6 Å². The molecule has 1 N–H and O–H groups in total. The zero-order valence-electron chi connectivity index (χ0n) is 11.0. The molecule has 0 spiro atoms. The van der Waals surface area contributed by atoms with Crippen molar-refractivity contribution in [1.82, 2.24) is 14.9 Å².